The van der Waals surface area contributed by atoms with Crippen LogP contribution in [0, 0.1) is 0 Å². The summed E-state index contributed by atoms with van der Waals surface area (Å²) in [5.41, 5.74) is 6.86. The van der Waals surface area contributed by atoms with E-state index in [1.54, 1.807) is 5.48 Å². The van der Waals surface area contributed by atoms with E-state index in [-0.39, 0.29) is 31.1 Å². The SMILES string of the molecule is O=C(CCCCCC(=O)Nc1cccc([C@H]2O[C@@H](Cn3cnc4ccccc43)C[C@@H](c3ccc(CO)cc3)O2)c1)NO. The molecule has 4 N–H and O–H groups in total. The number of carbonyl (C=O) groups is 2. The first-order valence-corrected chi connectivity index (χ1v) is 14.3. The van der Waals surface area contributed by atoms with Gasteiger partial charge in [0.25, 0.3) is 0 Å². The number of hydroxylamine groups is 1. The van der Waals surface area contributed by atoms with Gasteiger partial charge in [0.2, 0.25) is 11.8 Å². The second-order valence-electron chi connectivity index (χ2n) is 10.5. The number of hydrogen-bond acceptors (Lipinski definition) is 7. The average Bonchev–Trinajstić information content (AvgIpc) is 3.43. The summed E-state index contributed by atoms with van der Waals surface area (Å²) >= 11 is 0. The molecule has 1 saturated heterocycles. The summed E-state index contributed by atoms with van der Waals surface area (Å²) in [6, 6.07) is 23.2. The van der Waals surface area contributed by atoms with Gasteiger partial charge in [0, 0.05) is 30.5 Å². The number of aliphatic hydroxyl groups excluding tert-OH is 1. The van der Waals surface area contributed by atoms with Crippen LogP contribution in [0.5, 0.6) is 0 Å². The molecule has 2 amide bonds. The number of amides is 2. The van der Waals surface area contributed by atoms with Gasteiger partial charge in [-0.25, -0.2) is 10.5 Å². The lowest BCUT2D eigenvalue weighted by Gasteiger charge is -2.36. The number of benzene rings is 3. The fourth-order valence-electron chi connectivity index (χ4n) is 5.20. The highest BCUT2D eigenvalue weighted by atomic mass is 16.7. The molecule has 3 aromatic carbocycles. The number of para-hydroxylation sites is 2. The lowest BCUT2D eigenvalue weighted by atomic mass is 10.00. The van der Waals surface area contributed by atoms with Crippen LogP contribution < -0.4 is 10.8 Å². The first kappa shape index (κ1) is 29.4. The third kappa shape index (κ3) is 7.59. The number of fused-ring (bicyclic) bond motifs is 1. The van der Waals surface area contributed by atoms with E-state index in [1.807, 2.05) is 79.1 Å². The first-order valence-electron chi connectivity index (χ1n) is 14.3. The lowest BCUT2D eigenvalue weighted by Crippen LogP contribution is -2.32. The molecule has 0 radical (unpaired) electrons. The number of unbranched alkanes of at least 4 members (excludes halogenated alkanes) is 2. The predicted molar refractivity (Wildman–Crippen MR) is 156 cm³/mol. The van der Waals surface area contributed by atoms with E-state index in [9.17, 15) is 14.7 Å². The number of ether oxygens (including phenoxy) is 2. The smallest absolute Gasteiger partial charge is 0.243 e. The molecule has 2 heterocycles. The topological polar surface area (TPSA) is 135 Å². The average molecular weight is 573 g/mol. The molecular weight excluding hydrogens is 536 g/mol. The molecule has 3 atom stereocenters. The van der Waals surface area contributed by atoms with Crippen molar-refractivity contribution in [2.45, 2.75) is 70.2 Å². The molecule has 42 heavy (non-hydrogen) atoms. The molecule has 0 unspecified atom stereocenters. The summed E-state index contributed by atoms with van der Waals surface area (Å²) < 4.78 is 15.1. The van der Waals surface area contributed by atoms with E-state index < -0.39 is 12.2 Å². The molecule has 0 saturated carbocycles. The van der Waals surface area contributed by atoms with Crippen LogP contribution in [0.25, 0.3) is 11.0 Å². The Morgan fingerprint density at radius 2 is 1.69 bits per heavy atom. The van der Waals surface area contributed by atoms with Gasteiger partial charge in [-0.1, -0.05) is 55.0 Å². The van der Waals surface area contributed by atoms with E-state index in [2.05, 4.69) is 14.9 Å². The number of aliphatic hydroxyl groups is 1. The summed E-state index contributed by atoms with van der Waals surface area (Å²) in [7, 11) is 0. The Labute approximate surface area is 244 Å². The molecule has 0 spiro atoms. The second-order valence-corrected chi connectivity index (χ2v) is 10.5. The van der Waals surface area contributed by atoms with E-state index >= 15 is 0 Å². The molecule has 5 rings (SSSR count). The van der Waals surface area contributed by atoms with Crippen molar-refractivity contribution < 1.29 is 29.4 Å². The molecule has 1 fully saturated rings. The van der Waals surface area contributed by atoms with Crippen LogP contribution in [0.1, 0.15) is 67.6 Å². The third-order valence-electron chi connectivity index (χ3n) is 7.42. The minimum absolute atomic E-state index is 0.0206. The molecule has 1 aliphatic heterocycles. The maximum Gasteiger partial charge on any atom is 0.243 e. The van der Waals surface area contributed by atoms with Crippen molar-refractivity contribution in [1.82, 2.24) is 15.0 Å². The molecular formula is C32H36N4O6. The summed E-state index contributed by atoms with van der Waals surface area (Å²) in [5.74, 6) is -0.538. The number of imidazole rings is 1. The Bertz CT molecular complexity index is 1490. The lowest BCUT2D eigenvalue weighted by molar-refractivity contribution is -0.252. The molecule has 1 aromatic heterocycles. The Kier molecular flexibility index (Phi) is 9.94. The highest BCUT2D eigenvalue weighted by Crippen LogP contribution is 2.39. The summed E-state index contributed by atoms with van der Waals surface area (Å²) in [4.78, 5) is 28.2. The number of hydrogen-bond donors (Lipinski definition) is 4. The minimum atomic E-state index is -0.657. The van der Waals surface area contributed by atoms with Crippen molar-refractivity contribution in [2.24, 2.45) is 0 Å². The van der Waals surface area contributed by atoms with Gasteiger partial charge in [-0.3, -0.25) is 14.8 Å². The number of anilines is 1. The quantitative estimate of drug-likeness (QED) is 0.105. The van der Waals surface area contributed by atoms with Gasteiger partial charge in [0.05, 0.1) is 42.7 Å². The number of carbonyl (C=O) groups excluding carboxylic acids is 2. The summed E-state index contributed by atoms with van der Waals surface area (Å²) in [6.07, 6.45) is 3.91. The molecule has 0 aliphatic carbocycles. The number of nitrogens with zero attached hydrogens (tertiary/aromatic N) is 2. The Balaban J connectivity index is 1.28. The summed E-state index contributed by atoms with van der Waals surface area (Å²) in [6.45, 7) is 0.579. The van der Waals surface area contributed by atoms with Gasteiger partial charge in [0.15, 0.2) is 6.29 Å². The zero-order valence-electron chi connectivity index (χ0n) is 23.3. The largest absolute Gasteiger partial charge is 0.392 e. The highest BCUT2D eigenvalue weighted by Gasteiger charge is 2.32. The monoisotopic (exact) mass is 572 g/mol. The van der Waals surface area contributed by atoms with Crippen LogP contribution >= 0.6 is 0 Å². The predicted octanol–water partition coefficient (Wildman–Crippen LogP) is 5.17. The molecule has 220 valence electrons. The normalized spacial score (nSPS) is 18.6. The zero-order valence-corrected chi connectivity index (χ0v) is 23.3. The standard InChI is InChI=1S/C32H36N4O6/c37-20-22-13-15-23(16-14-22)29-18-26(19-36-21-33-27-9-4-5-10-28(27)36)41-32(42-29)24-7-6-8-25(17-24)34-30(38)11-2-1-3-12-31(39)35-40/h4-10,13-17,21,26,29,32,37,40H,1-3,11-12,18-20H2,(H,34,38)(H,35,39)/t26-,29+,32+/m1/s1. The minimum Gasteiger partial charge on any atom is -0.392 e. The zero-order chi connectivity index (χ0) is 29.3. The Morgan fingerprint density at radius 1 is 0.905 bits per heavy atom. The van der Waals surface area contributed by atoms with Crippen molar-refractivity contribution in [3.63, 3.8) is 0 Å². The van der Waals surface area contributed by atoms with Crippen LogP contribution in [0.15, 0.2) is 79.1 Å². The van der Waals surface area contributed by atoms with E-state index in [0.717, 1.165) is 27.7 Å². The number of aromatic nitrogens is 2. The van der Waals surface area contributed by atoms with E-state index in [1.165, 1.54) is 0 Å². The van der Waals surface area contributed by atoms with Gasteiger partial charge >= 0.3 is 0 Å². The van der Waals surface area contributed by atoms with Crippen LogP contribution in [-0.4, -0.2) is 37.8 Å². The van der Waals surface area contributed by atoms with Crippen molar-refractivity contribution in [3.8, 4) is 0 Å². The van der Waals surface area contributed by atoms with Crippen molar-refractivity contribution in [2.75, 3.05) is 5.32 Å². The Morgan fingerprint density at radius 3 is 2.48 bits per heavy atom. The van der Waals surface area contributed by atoms with Gasteiger partial charge < -0.3 is 24.5 Å². The molecule has 1 aliphatic rings. The summed E-state index contributed by atoms with van der Waals surface area (Å²) in [5, 5.41) is 21.0. The maximum absolute atomic E-state index is 12.6. The first-order chi connectivity index (χ1) is 20.5. The van der Waals surface area contributed by atoms with Gasteiger partial charge in [-0.05, 0) is 48.2 Å². The van der Waals surface area contributed by atoms with Crippen molar-refractivity contribution in [1.29, 1.82) is 0 Å². The maximum atomic E-state index is 12.6. The van der Waals surface area contributed by atoms with Gasteiger partial charge in [-0.2, -0.15) is 0 Å². The van der Waals surface area contributed by atoms with Crippen LogP contribution in [0.3, 0.4) is 0 Å². The van der Waals surface area contributed by atoms with E-state index in [4.69, 9.17) is 14.7 Å². The van der Waals surface area contributed by atoms with Crippen LogP contribution in [0.4, 0.5) is 5.69 Å². The molecule has 10 nitrogen and oxygen atoms in total. The van der Waals surface area contributed by atoms with Gasteiger partial charge in [-0.15, -0.1) is 0 Å². The molecule has 0 bridgehead atoms. The van der Waals surface area contributed by atoms with Crippen LogP contribution in [-0.2, 0) is 32.2 Å². The number of nitrogens with one attached hydrogen (secondary N) is 2. The number of rotatable bonds is 12. The van der Waals surface area contributed by atoms with Gasteiger partial charge in [0.1, 0.15) is 0 Å². The highest BCUT2D eigenvalue weighted by molar-refractivity contribution is 5.90. The third-order valence-corrected chi connectivity index (χ3v) is 7.42. The van der Waals surface area contributed by atoms with E-state index in [0.29, 0.717) is 44.3 Å². The van der Waals surface area contributed by atoms with Crippen molar-refractivity contribution in [3.05, 3.63) is 95.8 Å². The fourth-order valence-corrected chi connectivity index (χ4v) is 5.20. The molecule has 4 aromatic rings. The van der Waals surface area contributed by atoms with Crippen molar-refractivity contribution >= 4 is 28.5 Å². The Hall–Kier alpha value is -4.09. The van der Waals surface area contributed by atoms with Crippen LogP contribution in [0.2, 0.25) is 0 Å². The molecule has 10 heteroatoms. The second kappa shape index (κ2) is 14.2. The fraction of sp³-hybridized carbons (Fsp3) is 0.344.